The highest BCUT2D eigenvalue weighted by Gasteiger charge is 2.05. The standard InChI is InChI=1S/C6H6O3S.CH4/c7-10(8,9)6-4-2-1-3-5-6;/h1-5H,(H,7,8,9);1H4. The Balaban J connectivity index is 0.000001000. The van der Waals surface area contributed by atoms with Crippen molar-refractivity contribution in [3.63, 3.8) is 0 Å². The highest BCUT2D eigenvalue weighted by atomic mass is 32.2. The number of rotatable bonds is 1. The molecule has 0 saturated heterocycles. The van der Waals surface area contributed by atoms with Crippen molar-refractivity contribution in [3.8, 4) is 0 Å². The van der Waals surface area contributed by atoms with Crippen LogP contribution in [0.25, 0.3) is 0 Å². The molecule has 0 heterocycles. The SMILES string of the molecule is C.O=S(=O)(O)c1ccccc1. The molecule has 0 atom stereocenters. The van der Waals surface area contributed by atoms with E-state index in [1.807, 2.05) is 0 Å². The molecule has 0 saturated carbocycles. The fourth-order valence-electron chi connectivity index (χ4n) is 0.592. The number of hydrogen-bond donors (Lipinski definition) is 1. The molecular weight excluding hydrogens is 164 g/mol. The van der Waals surface area contributed by atoms with Gasteiger partial charge in [0.25, 0.3) is 10.1 Å². The van der Waals surface area contributed by atoms with Crippen LogP contribution in [0.1, 0.15) is 7.43 Å². The molecule has 11 heavy (non-hydrogen) atoms. The van der Waals surface area contributed by atoms with Gasteiger partial charge in [-0.3, -0.25) is 4.55 Å². The Hall–Kier alpha value is -0.870. The lowest BCUT2D eigenvalue weighted by atomic mass is 10.4. The van der Waals surface area contributed by atoms with Gasteiger partial charge in [0.1, 0.15) is 0 Å². The van der Waals surface area contributed by atoms with E-state index in [1.165, 1.54) is 12.1 Å². The van der Waals surface area contributed by atoms with Gasteiger partial charge in [0.05, 0.1) is 4.90 Å². The van der Waals surface area contributed by atoms with Crippen molar-refractivity contribution >= 4 is 10.1 Å². The summed E-state index contributed by atoms with van der Waals surface area (Å²) in [6.45, 7) is 0. The first-order valence-corrected chi connectivity index (χ1v) is 4.07. The third-order valence-corrected chi connectivity index (χ3v) is 1.91. The first-order valence-electron chi connectivity index (χ1n) is 2.63. The largest absolute Gasteiger partial charge is 0.294 e. The van der Waals surface area contributed by atoms with Crippen LogP contribution in [0.3, 0.4) is 0 Å². The van der Waals surface area contributed by atoms with E-state index < -0.39 is 10.1 Å². The second kappa shape index (κ2) is 3.50. The molecule has 3 nitrogen and oxygen atoms in total. The zero-order valence-electron chi connectivity index (χ0n) is 5.06. The van der Waals surface area contributed by atoms with E-state index in [0.717, 1.165) is 0 Å². The van der Waals surface area contributed by atoms with Crippen molar-refractivity contribution in [2.24, 2.45) is 0 Å². The van der Waals surface area contributed by atoms with E-state index >= 15 is 0 Å². The van der Waals surface area contributed by atoms with Crippen LogP contribution in [0.4, 0.5) is 0 Å². The van der Waals surface area contributed by atoms with Gasteiger partial charge in [0, 0.05) is 0 Å². The number of hydrogen-bond acceptors (Lipinski definition) is 2. The molecule has 0 unspecified atom stereocenters. The van der Waals surface area contributed by atoms with Gasteiger partial charge >= 0.3 is 0 Å². The van der Waals surface area contributed by atoms with Gasteiger partial charge in [-0.15, -0.1) is 0 Å². The Morgan fingerprint density at radius 2 is 1.55 bits per heavy atom. The fraction of sp³-hybridized carbons (Fsp3) is 0.143. The van der Waals surface area contributed by atoms with E-state index in [9.17, 15) is 8.42 Å². The van der Waals surface area contributed by atoms with Crippen LogP contribution in [0, 0.1) is 0 Å². The Kier molecular flexibility index (Phi) is 3.22. The van der Waals surface area contributed by atoms with E-state index in [-0.39, 0.29) is 12.3 Å². The second-order valence-electron chi connectivity index (χ2n) is 1.79. The van der Waals surface area contributed by atoms with Crippen molar-refractivity contribution < 1.29 is 13.0 Å². The summed E-state index contributed by atoms with van der Waals surface area (Å²) >= 11 is 0. The van der Waals surface area contributed by atoms with Crippen LogP contribution in [0.5, 0.6) is 0 Å². The lowest BCUT2D eigenvalue weighted by Crippen LogP contribution is -1.96. The molecule has 0 bridgehead atoms. The van der Waals surface area contributed by atoms with Crippen LogP contribution < -0.4 is 0 Å². The van der Waals surface area contributed by atoms with E-state index in [0.29, 0.717) is 0 Å². The van der Waals surface area contributed by atoms with Gasteiger partial charge in [-0.2, -0.15) is 8.42 Å². The summed E-state index contributed by atoms with van der Waals surface area (Å²) in [6, 6.07) is 7.42. The lowest BCUT2D eigenvalue weighted by molar-refractivity contribution is 0.483. The molecule has 1 rings (SSSR count). The quantitative estimate of drug-likeness (QED) is 0.657. The highest BCUT2D eigenvalue weighted by molar-refractivity contribution is 7.85. The molecule has 1 aromatic rings. The smallest absolute Gasteiger partial charge is 0.282 e. The molecule has 0 fully saturated rings. The van der Waals surface area contributed by atoms with Crippen molar-refractivity contribution in [1.82, 2.24) is 0 Å². The van der Waals surface area contributed by atoms with Crippen LogP contribution in [0.2, 0.25) is 0 Å². The molecule has 0 aliphatic heterocycles. The molecule has 62 valence electrons. The van der Waals surface area contributed by atoms with Gasteiger partial charge < -0.3 is 0 Å². The van der Waals surface area contributed by atoms with Gasteiger partial charge in [0.15, 0.2) is 0 Å². The second-order valence-corrected chi connectivity index (χ2v) is 3.21. The third-order valence-electron chi connectivity index (χ3n) is 1.04. The van der Waals surface area contributed by atoms with Crippen LogP contribution in [0.15, 0.2) is 35.2 Å². The summed E-state index contributed by atoms with van der Waals surface area (Å²) in [5.74, 6) is 0. The predicted molar refractivity (Wildman–Crippen MR) is 43.0 cm³/mol. The third kappa shape index (κ3) is 2.69. The van der Waals surface area contributed by atoms with E-state index in [1.54, 1.807) is 18.2 Å². The highest BCUT2D eigenvalue weighted by Crippen LogP contribution is 2.05. The molecular formula is C7H10O3S. The Labute approximate surface area is 66.4 Å². The van der Waals surface area contributed by atoms with Crippen LogP contribution in [-0.2, 0) is 10.1 Å². The molecule has 0 spiro atoms. The van der Waals surface area contributed by atoms with Crippen molar-refractivity contribution in [2.75, 3.05) is 0 Å². The number of benzene rings is 1. The van der Waals surface area contributed by atoms with Crippen molar-refractivity contribution in [2.45, 2.75) is 12.3 Å². The molecule has 0 aliphatic rings. The fourth-order valence-corrected chi connectivity index (χ4v) is 1.09. The zero-order valence-corrected chi connectivity index (χ0v) is 5.88. The van der Waals surface area contributed by atoms with Gasteiger partial charge in [-0.1, -0.05) is 25.6 Å². The van der Waals surface area contributed by atoms with Crippen molar-refractivity contribution in [1.29, 1.82) is 0 Å². The minimum atomic E-state index is -4.00. The van der Waals surface area contributed by atoms with Crippen LogP contribution >= 0.6 is 0 Å². The molecule has 0 aromatic heterocycles. The first kappa shape index (κ1) is 10.1. The lowest BCUT2D eigenvalue weighted by Gasteiger charge is -1.92. The molecule has 0 radical (unpaired) electrons. The Morgan fingerprint density at radius 1 is 1.09 bits per heavy atom. The van der Waals surface area contributed by atoms with Crippen molar-refractivity contribution in [3.05, 3.63) is 30.3 Å². The maximum absolute atomic E-state index is 10.4. The Morgan fingerprint density at radius 3 is 1.82 bits per heavy atom. The maximum Gasteiger partial charge on any atom is 0.294 e. The summed E-state index contributed by atoms with van der Waals surface area (Å²) in [5, 5.41) is 0. The zero-order chi connectivity index (χ0) is 7.61. The van der Waals surface area contributed by atoms with Crippen LogP contribution in [-0.4, -0.2) is 13.0 Å². The molecule has 1 aromatic carbocycles. The Bertz CT molecular complexity index is 302. The molecule has 0 aliphatic carbocycles. The van der Waals surface area contributed by atoms with Gasteiger partial charge in [-0.05, 0) is 12.1 Å². The molecule has 0 amide bonds. The van der Waals surface area contributed by atoms with Gasteiger partial charge in [0.2, 0.25) is 0 Å². The summed E-state index contributed by atoms with van der Waals surface area (Å²) in [6.07, 6.45) is 0. The summed E-state index contributed by atoms with van der Waals surface area (Å²) in [5.41, 5.74) is 0. The maximum atomic E-state index is 10.4. The predicted octanol–water partition coefficient (Wildman–Crippen LogP) is 1.57. The topological polar surface area (TPSA) is 54.4 Å². The summed E-state index contributed by atoms with van der Waals surface area (Å²) < 4.78 is 29.2. The minimum Gasteiger partial charge on any atom is -0.282 e. The van der Waals surface area contributed by atoms with E-state index in [2.05, 4.69) is 0 Å². The average Bonchev–Trinajstić information content (AvgIpc) is 1.88. The normalized spacial score (nSPS) is 10.3. The summed E-state index contributed by atoms with van der Waals surface area (Å²) in [4.78, 5) is -0.0741. The van der Waals surface area contributed by atoms with Gasteiger partial charge in [-0.25, -0.2) is 0 Å². The van der Waals surface area contributed by atoms with E-state index in [4.69, 9.17) is 4.55 Å². The monoisotopic (exact) mass is 174 g/mol. The molecule has 4 heteroatoms. The molecule has 1 N–H and O–H groups in total. The minimum absolute atomic E-state index is 0. The summed E-state index contributed by atoms with van der Waals surface area (Å²) in [7, 11) is -4.00. The average molecular weight is 174 g/mol. The first-order chi connectivity index (χ1) is 4.61.